The van der Waals surface area contributed by atoms with Crippen LogP contribution in [0.2, 0.25) is 0 Å². The molecular formula is C55H37BF12K2N4O11S2. The zero-order chi connectivity index (χ0) is 62.3. The number of hydrogen-bond acceptors (Lipinski definition) is 15. The zero-order valence-electron chi connectivity index (χ0n) is 45.4. The number of rotatable bonds is 14. The monoisotopic (exact) mass is 1310 g/mol. The van der Waals surface area contributed by atoms with Crippen molar-refractivity contribution in [3.63, 3.8) is 0 Å². The predicted molar refractivity (Wildman–Crippen MR) is 284 cm³/mol. The van der Waals surface area contributed by atoms with Crippen LogP contribution in [0.1, 0.15) is 1.43 Å². The third kappa shape index (κ3) is 20.4. The Balaban J connectivity index is 0.000000363. The first-order valence-electron chi connectivity index (χ1n) is 23.4. The van der Waals surface area contributed by atoms with Crippen LogP contribution in [-0.2, 0) is 29.9 Å². The van der Waals surface area contributed by atoms with Crippen LogP contribution in [0.5, 0.6) is 11.5 Å². The van der Waals surface area contributed by atoms with E-state index in [4.69, 9.17) is 20.1 Å². The topological polar surface area (TPSA) is 209 Å². The summed E-state index contributed by atoms with van der Waals surface area (Å²) in [5.41, 5.74) is -9.68. The van der Waals surface area contributed by atoms with Crippen LogP contribution in [0.3, 0.4) is 0 Å². The number of alkyl halides is 6. The van der Waals surface area contributed by atoms with Crippen molar-refractivity contribution in [1.29, 1.82) is 0 Å². The SMILES string of the molecule is Fc1ccc(-c2cccc(N(c3ccccc3)c3cccc(-c4ccc(F)cc4F)n3)n2)c(F)c1.O=CO[O-].O=S(=O)(Oc1cccc(N(c2ccccc2)c2cccc(OS(=O)(=O)C(F)(F)F)c2)c1)C(F)(F)F.OB(O)c1ccc(F)cc1F.[H-].[K+].[K+]. The fourth-order valence-electron chi connectivity index (χ4n) is 7.18. The van der Waals surface area contributed by atoms with Crippen LogP contribution in [-0.4, -0.2) is 61.5 Å². The van der Waals surface area contributed by atoms with Crippen LogP contribution >= 0.6 is 0 Å². The van der Waals surface area contributed by atoms with E-state index in [1.165, 1.54) is 65.6 Å². The second-order valence-electron chi connectivity index (χ2n) is 16.5. The van der Waals surface area contributed by atoms with E-state index >= 15 is 0 Å². The maximum atomic E-state index is 14.5. The number of pyridine rings is 2. The molecular weight excluding hydrogens is 1270 g/mol. The summed E-state index contributed by atoms with van der Waals surface area (Å²) < 4.78 is 211. The van der Waals surface area contributed by atoms with Crippen molar-refractivity contribution in [1.82, 2.24) is 9.97 Å². The summed E-state index contributed by atoms with van der Waals surface area (Å²) in [4.78, 5) is 23.5. The Hall–Kier alpha value is -6.21. The number of carbonyl (C=O) groups is 1. The fraction of sp³-hybridized carbons (Fsp3) is 0.0364. The van der Waals surface area contributed by atoms with Crippen molar-refractivity contribution in [3.05, 3.63) is 235 Å². The Bertz CT molecular complexity index is 3810. The van der Waals surface area contributed by atoms with Gasteiger partial charge in [0.25, 0.3) is 6.47 Å². The zero-order valence-corrected chi connectivity index (χ0v) is 52.3. The van der Waals surface area contributed by atoms with Crippen molar-refractivity contribution in [2.75, 3.05) is 9.80 Å². The first-order chi connectivity index (χ1) is 40.1. The van der Waals surface area contributed by atoms with Gasteiger partial charge in [-0.2, -0.15) is 43.2 Å². The average Bonchev–Trinajstić information content (AvgIpc) is 3.61. The van der Waals surface area contributed by atoms with Crippen LogP contribution in [0.4, 0.5) is 87.1 Å². The van der Waals surface area contributed by atoms with Gasteiger partial charge >= 0.3 is 141 Å². The molecule has 0 fully saturated rings. The number of anilines is 6. The molecule has 2 N–H and O–H groups in total. The molecule has 2 aromatic heterocycles. The average molecular weight is 1310 g/mol. The van der Waals surface area contributed by atoms with Crippen LogP contribution < -0.4 is 132 Å². The van der Waals surface area contributed by atoms with Gasteiger partial charge in [-0.05, 0) is 103 Å². The maximum absolute atomic E-state index is 14.5. The fourth-order valence-corrected chi connectivity index (χ4v) is 8.08. The van der Waals surface area contributed by atoms with E-state index in [0.717, 1.165) is 48.5 Å². The normalized spacial score (nSPS) is 11.0. The summed E-state index contributed by atoms with van der Waals surface area (Å²) in [5, 5.41) is 25.4. The predicted octanol–water partition coefficient (Wildman–Crippen LogP) is 5.65. The molecule has 0 amide bonds. The number of carbonyl (C=O) groups excluding carboxylic acids is 1. The molecule has 444 valence electrons. The van der Waals surface area contributed by atoms with Crippen molar-refractivity contribution in [2.24, 2.45) is 0 Å². The smallest absolute Gasteiger partial charge is 1.00 e. The van der Waals surface area contributed by atoms with Crippen LogP contribution in [0, 0.1) is 34.9 Å². The minimum Gasteiger partial charge on any atom is -1.00 e. The van der Waals surface area contributed by atoms with Gasteiger partial charge in [0, 0.05) is 69.7 Å². The molecule has 15 nitrogen and oxygen atoms in total. The molecule has 0 spiro atoms. The molecule has 2 heterocycles. The maximum Gasteiger partial charge on any atom is 1.00 e. The summed E-state index contributed by atoms with van der Waals surface area (Å²) in [6, 6.07) is 45.2. The quantitative estimate of drug-likeness (QED) is 0.0257. The third-order valence-corrected chi connectivity index (χ3v) is 12.7. The van der Waals surface area contributed by atoms with E-state index in [2.05, 4.69) is 23.2 Å². The largest absolute Gasteiger partial charge is 1.00 e. The molecule has 0 saturated carbocycles. The van der Waals surface area contributed by atoms with Gasteiger partial charge in [-0.15, -0.1) is 0 Å². The number of hydrogen-bond donors (Lipinski definition) is 2. The van der Waals surface area contributed by atoms with E-state index in [-0.39, 0.29) is 139 Å². The van der Waals surface area contributed by atoms with Gasteiger partial charge in [0.1, 0.15) is 58.0 Å². The van der Waals surface area contributed by atoms with Gasteiger partial charge in [-0.25, -0.2) is 36.3 Å². The van der Waals surface area contributed by atoms with Gasteiger partial charge in [-0.3, -0.25) is 9.69 Å². The molecule has 9 aromatic rings. The van der Waals surface area contributed by atoms with Crippen LogP contribution in [0.15, 0.2) is 200 Å². The minimum atomic E-state index is -5.98. The standard InChI is InChI=1S/C28H17F4N3.C20H13F6NO6S2.C6H5BF2O2.CH2O3.2K.H/c29-18-12-14-21(23(31)16-18)25-8-4-10-27(33-25)35(20-6-2-1-3-7-20)28-11-5-9-26(34-28)22-15-13-19(30)17-24(22)32;21-19(22,23)34(28,29)32-17-10-4-8-15(12-17)27(14-6-2-1-3-7-14)16-9-5-11-18(13-16)33-35(30,31)20(24,25)26;8-4-1-2-5(7(10)11)6(9)3-4;2-1-4-3;;;/h1-17H;1-13H;1-3,10-11H;1,3H;;;/q;;;;2*+1;-1/p-1. The summed E-state index contributed by atoms with van der Waals surface area (Å²) >= 11 is 0. The molecule has 32 heteroatoms. The molecule has 87 heavy (non-hydrogen) atoms. The van der Waals surface area contributed by atoms with Gasteiger partial charge in [0.2, 0.25) is 0 Å². The molecule has 0 bridgehead atoms. The minimum absolute atomic E-state index is 0. The van der Waals surface area contributed by atoms with E-state index in [0.29, 0.717) is 40.5 Å². The number of para-hydroxylation sites is 2. The number of halogens is 12. The third-order valence-electron chi connectivity index (χ3n) is 10.8. The van der Waals surface area contributed by atoms with E-state index in [1.54, 1.807) is 59.5 Å². The van der Waals surface area contributed by atoms with Crippen molar-refractivity contribution in [2.45, 2.75) is 11.0 Å². The van der Waals surface area contributed by atoms with Gasteiger partial charge < -0.3 is 34.9 Å². The Kier molecular flexibility index (Phi) is 27.7. The molecule has 7 aromatic carbocycles. The van der Waals surface area contributed by atoms with Crippen LogP contribution in [0.25, 0.3) is 22.5 Å². The molecule has 0 aliphatic heterocycles. The molecule has 0 atom stereocenters. The van der Waals surface area contributed by atoms with E-state index < -0.39 is 84.8 Å². The summed E-state index contributed by atoms with van der Waals surface area (Å²) in [6.45, 7) is -0.181. The molecule has 0 unspecified atom stereocenters. The number of benzene rings is 7. The summed E-state index contributed by atoms with van der Waals surface area (Å²) in [6.07, 6.45) is 0. The van der Waals surface area contributed by atoms with Crippen molar-refractivity contribution >= 4 is 73.7 Å². The molecule has 0 aliphatic carbocycles. The number of aromatic nitrogens is 2. The molecule has 0 radical (unpaired) electrons. The van der Waals surface area contributed by atoms with Crippen molar-refractivity contribution < 1.29 is 207 Å². The van der Waals surface area contributed by atoms with Gasteiger partial charge in [-0.1, -0.05) is 66.7 Å². The number of nitrogens with zero attached hydrogens (tertiary/aromatic N) is 4. The first-order valence-corrected chi connectivity index (χ1v) is 26.2. The molecule has 0 aliphatic rings. The summed E-state index contributed by atoms with van der Waals surface area (Å²) in [7, 11) is -13.8. The van der Waals surface area contributed by atoms with Gasteiger partial charge in [0.15, 0.2) is 0 Å². The Morgan fingerprint density at radius 1 is 0.460 bits per heavy atom. The Labute approximate surface area is 574 Å². The second kappa shape index (κ2) is 32.9. The van der Waals surface area contributed by atoms with E-state index in [9.17, 15) is 69.5 Å². The van der Waals surface area contributed by atoms with Crippen molar-refractivity contribution in [3.8, 4) is 34.0 Å². The second-order valence-corrected chi connectivity index (χ2v) is 19.6. The first kappa shape index (κ1) is 73.3. The Morgan fingerprint density at radius 2 is 0.805 bits per heavy atom. The van der Waals surface area contributed by atoms with Gasteiger partial charge in [0.05, 0.1) is 11.4 Å². The Morgan fingerprint density at radius 3 is 1.15 bits per heavy atom. The summed E-state index contributed by atoms with van der Waals surface area (Å²) in [5.74, 6) is -5.08. The molecule has 0 saturated heterocycles. The van der Waals surface area contributed by atoms with E-state index in [1.807, 2.05) is 30.3 Å². The molecule has 9 rings (SSSR count).